The number of ether oxygens (including phenoxy) is 1. The Bertz CT molecular complexity index is 279. The summed E-state index contributed by atoms with van der Waals surface area (Å²) in [5.74, 6) is 1.20. The van der Waals surface area contributed by atoms with E-state index >= 15 is 0 Å². The molecule has 0 saturated heterocycles. The lowest BCUT2D eigenvalue weighted by atomic mass is 10.1. The molecule has 0 radical (unpaired) electrons. The van der Waals surface area contributed by atoms with Gasteiger partial charge in [0.1, 0.15) is 0 Å². The molecule has 0 spiro atoms. The minimum Gasteiger partial charge on any atom is -0.582 e. The first kappa shape index (κ1) is 12.2. The third kappa shape index (κ3) is 5.56. The number of para-hydroxylation sites is 1. The molecule has 15 heavy (non-hydrogen) atoms. The van der Waals surface area contributed by atoms with Crippen molar-refractivity contribution in [3.05, 3.63) is 29.8 Å². The van der Waals surface area contributed by atoms with E-state index in [0.29, 0.717) is 0 Å². The maximum Gasteiger partial charge on any atom is 0.257 e. The average Bonchev–Trinajstić information content (AvgIpc) is 2.16. The molecule has 0 aromatic heterocycles. The average molecular weight is 235 g/mol. The summed E-state index contributed by atoms with van der Waals surface area (Å²) in [6.45, 7) is 1.01. The number of benzene rings is 1. The van der Waals surface area contributed by atoms with Crippen LogP contribution >= 0.6 is 0 Å². The van der Waals surface area contributed by atoms with E-state index in [-0.39, 0.29) is 0 Å². The third-order valence-corrected chi connectivity index (χ3v) is 1.88. The summed E-state index contributed by atoms with van der Waals surface area (Å²) >= 11 is 0. The van der Waals surface area contributed by atoms with E-state index in [1.807, 2.05) is 6.07 Å². The van der Waals surface area contributed by atoms with Crippen molar-refractivity contribution < 1.29 is 33.6 Å². The van der Waals surface area contributed by atoms with Crippen molar-refractivity contribution >= 4 is 0 Å². The molecule has 0 saturated carbocycles. The lowest BCUT2D eigenvalue weighted by molar-refractivity contribution is -2.00. The maximum absolute atomic E-state index is 8.49. The highest BCUT2D eigenvalue weighted by molar-refractivity contribution is 5.33. The number of rotatable bonds is 0. The molecular weight excluding hydrogens is 224 g/mol. The van der Waals surface area contributed by atoms with Crippen LogP contribution in [0.15, 0.2) is 24.3 Å². The van der Waals surface area contributed by atoms with Crippen LogP contribution in [0.1, 0.15) is 12.0 Å². The predicted molar refractivity (Wildman–Crippen MR) is 41.3 cm³/mol. The molecule has 0 unspecified atom stereocenters. The Morgan fingerprint density at radius 1 is 1.07 bits per heavy atom. The van der Waals surface area contributed by atoms with E-state index in [0.717, 1.165) is 6.61 Å². The quantitative estimate of drug-likeness (QED) is 0.450. The molecule has 0 aliphatic carbocycles. The smallest absolute Gasteiger partial charge is 0.257 e. The molecule has 2 rings (SSSR count). The molecule has 1 aromatic carbocycles. The molecule has 1 aliphatic heterocycles. The highest BCUT2D eigenvalue weighted by Crippen LogP contribution is 2.24. The first-order chi connectivity index (χ1) is 6.97. The van der Waals surface area contributed by atoms with E-state index in [9.17, 15) is 0 Å². The summed E-state index contributed by atoms with van der Waals surface area (Å²) in [6.07, 6.45) is 2.43. The first-order valence-electron chi connectivity index (χ1n) is 4.34. The molecule has 5 nitrogen and oxygen atoms in total. The van der Waals surface area contributed by atoms with Gasteiger partial charge >= 0.3 is 0 Å². The molecule has 1 N–H and O–H groups in total. The fourth-order valence-corrected chi connectivity index (χ4v) is 1.35. The van der Waals surface area contributed by atoms with Gasteiger partial charge < -0.3 is 4.74 Å². The summed E-state index contributed by atoms with van der Waals surface area (Å²) in [4.78, 5) is 0. The zero-order valence-corrected chi connectivity index (χ0v) is 8.64. The molecule has 84 valence electrons. The van der Waals surface area contributed by atoms with Crippen molar-refractivity contribution in [3.63, 3.8) is 0 Å². The molecule has 0 atom stereocenters. The number of aryl methyl sites for hydroxylation is 1. The van der Waals surface area contributed by atoms with E-state index in [4.69, 9.17) is 18.6 Å². The zero-order chi connectivity index (χ0) is 11.3. The molecule has 6 heteroatoms. The van der Waals surface area contributed by atoms with Crippen molar-refractivity contribution in [2.24, 2.45) is 0 Å². The minimum atomic E-state index is -4.94. The fraction of sp³-hybridized carbons (Fsp3) is 0.333. The van der Waals surface area contributed by atoms with Gasteiger partial charge in [-0.1, -0.05) is 12.1 Å². The van der Waals surface area contributed by atoms with Crippen LogP contribution in [0.4, 0.5) is 0 Å². The number of fused-ring (bicyclic) bond motifs is 1. The second kappa shape index (κ2) is 5.29. The molecule has 1 heterocycles. The number of halogens is 1. The highest BCUT2D eigenvalue weighted by atomic mass is 35.7. The van der Waals surface area contributed by atoms with Gasteiger partial charge in [0, 0.05) is 18.1 Å². The Morgan fingerprint density at radius 3 is 2.27 bits per heavy atom. The van der Waals surface area contributed by atoms with Gasteiger partial charge in [-0.25, -0.2) is 18.6 Å². The lowest BCUT2D eigenvalue weighted by Gasteiger charge is -2.17. The summed E-state index contributed by atoms with van der Waals surface area (Å²) in [6, 6.07) is 8.39. The van der Waals surface area contributed by atoms with Crippen molar-refractivity contribution in [3.8, 4) is 5.75 Å². The largest absolute Gasteiger partial charge is 0.582 e. The predicted octanol–water partition coefficient (Wildman–Crippen LogP) is -2.88. The van der Waals surface area contributed by atoms with Gasteiger partial charge in [0.05, 0.1) is 0 Å². The molecule has 0 bridgehead atoms. The van der Waals surface area contributed by atoms with Gasteiger partial charge in [0.2, 0.25) is 0 Å². The van der Waals surface area contributed by atoms with Gasteiger partial charge in [-0.2, -0.15) is 0 Å². The van der Waals surface area contributed by atoms with E-state index in [1.54, 1.807) is 0 Å². The number of aliphatic hydroxyl groups is 1. The van der Waals surface area contributed by atoms with Crippen molar-refractivity contribution in [2.75, 3.05) is 6.61 Å². The van der Waals surface area contributed by atoms with Crippen molar-refractivity contribution in [1.82, 2.24) is 0 Å². The van der Waals surface area contributed by atoms with E-state index in [2.05, 4.69) is 22.9 Å². The molecule has 0 fully saturated rings. The van der Waals surface area contributed by atoms with Crippen LogP contribution in [-0.4, -0.2) is 11.3 Å². The van der Waals surface area contributed by atoms with Crippen LogP contribution in [0.25, 0.3) is 0 Å². The normalized spacial score (nSPS) is 14.4. The number of hydrogen-bond donors (Lipinski definition) is 0. The topological polar surface area (TPSA) is 105 Å². The van der Waals surface area contributed by atoms with Gasteiger partial charge in [0.15, 0.2) is 6.61 Å². The standard InChI is InChI=1S/C9H10O.ClHO4/c1-2-6-9-8(4-1)5-3-7-10-9;2-1(3,4)5/h1-2,4,6H,3,5,7H2;(H,2,3,4,5). The third-order valence-electron chi connectivity index (χ3n) is 1.88. The summed E-state index contributed by atoms with van der Waals surface area (Å²) in [5, 5.41) is 0. The van der Waals surface area contributed by atoms with Gasteiger partial charge in [-0.15, -0.1) is 10.2 Å². The molecule has 1 aromatic rings. The van der Waals surface area contributed by atoms with E-state index in [1.165, 1.54) is 24.2 Å². The van der Waals surface area contributed by atoms with Crippen molar-refractivity contribution in [1.29, 1.82) is 0 Å². The Kier molecular flexibility index (Phi) is 4.31. The number of hydrogen-bond acceptors (Lipinski definition) is 4. The van der Waals surface area contributed by atoms with Gasteiger partial charge in [-0.3, -0.25) is 0 Å². The van der Waals surface area contributed by atoms with Crippen LogP contribution in [-0.2, 0) is 6.42 Å². The Balaban J connectivity index is 0.000000195. The summed E-state index contributed by atoms with van der Waals surface area (Å²) in [7, 11) is -4.94. The van der Waals surface area contributed by atoms with E-state index < -0.39 is 10.2 Å². The number of aromatic hydroxyl groups is 1. The molecular formula is C9H11ClO5. The monoisotopic (exact) mass is 234 g/mol. The van der Waals surface area contributed by atoms with Gasteiger partial charge in [-0.05, 0) is 12.5 Å². The van der Waals surface area contributed by atoms with Gasteiger partial charge in [0.25, 0.3) is 5.75 Å². The maximum atomic E-state index is 8.49. The Labute approximate surface area is 89.3 Å². The van der Waals surface area contributed by atoms with Crippen LogP contribution in [0.5, 0.6) is 5.75 Å². The van der Waals surface area contributed by atoms with Crippen LogP contribution in [0.3, 0.4) is 0 Å². The second-order valence-corrected chi connectivity index (χ2v) is 3.75. The lowest BCUT2D eigenvalue weighted by Crippen LogP contribution is -2.68. The summed E-state index contributed by atoms with van der Waals surface area (Å²) in [5.41, 5.74) is 1.41. The second-order valence-electron chi connectivity index (χ2n) is 2.99. The van der Waals surface area contributed by atoms with Crippen LogP contribution < -0.4 is 18.6 Å². The first-order valence-corrected chi connectivity index (χ1v) is 5.57. The Morgan fingerprint density at radius 2 is 1.67 bits per heavy atom. The van der Waals surface area contributed by atoms with Crippen LogP contribution in [0.2, 0.25) is 0 Å². The zero-order valence-electron chi connectivity index (χ0n) is 7.89. The fourth-order valence-electron chi connectivity index (χ4n) is 1.35. The summed E-state index contributed by atoms with van der Waals surface area (Å²) < 4.78 is 38.4. The Hall–Kier alpha value is -0.850. The van der Waals surface area contributed by atoms with Crippen molar-refractivity contribution in [2.45, 2.75) is 12.8 Å². The minimum absolute atomic E-state index is 1.01. The highest BCUT2D eigenvalue weighted by Gasteiger charge is 2.11. The SMILES string of the molecule is [O-][Cl+3]([O-])([O-])[O-].c1ccc2c(c1)CCC[OH+]2. The molecule has 1 aliphatic rings. The van der Waals surface area contributed by atoms with Crippen LogP contribution in [0, 0.1) is 10.2 Å². The molecule has 0 amide bonds.